The topological polar surface area (TPSA) is 67.5 Å². The molecule has 0 radical (unpaired) electrons. The zero-order valence-electron chi connectivity index (χ0n) is 12.1. The Balaban J connectivity index is 2.64. The van der Waals surface area contributed by atoms with Crippen molar-refractivity contribution in [2.45, 2.75) is 39.7 Å². The molecule has 0 aliphatic rings. The highest BCUT2D eigenvalue weighted by Gasteiger charge is 2.07. The summed E-state index contributed by atoms with van der Waals surface area (Å²) < 4.78 is 5.66. The number of nitrogens with one attached hydrogen (secondary N) is 1. The lowest BCUT2D eigenvalue weighted by molar-refractivity contribution is 0.242. The van der Waals surface area contributed by atoms with Crippen molar-refractivity contribution >= 4 is 11.4 Å². The highest BCUT2D eigenvalue weighted by Crippen LogP contribution is 2.24. The summed E-state index contributed by atoms with van der Waals surface area (Å²) in [6.45, 7) is 7.18. The van der Waals surface area contributed by atoms with Gasteiger partial charge in [-0.2, -0.15) is 0 Å². The first-order chi connectivity index (χ1) is 9.05. The summed E-state index contributed by atoms with van der Waals surface area (Å²) in [6, 6.07) is 5.69. The van der Waals surface area contributed by atoms with Crippen LogP contribution in [0.4, 0.5) is 11.4 Å². The van der Waals surface area contributed by atoms with Gasteiger partial charge in [-0.05, 0) is 32.3 Å². The number of hydrogen-bond donors (Lipinski definition) is 3. The molecular formula is C15H26N2O2. The second-order valence-electron chi connectivity index (χ2n) is 5.12. The highest BCUT2D eigenvalue weighted by molar-refractivity contribution is 5.59. The van der Waals surface area contributed by atoms with Gasteiger partial charge < -0.3 is 20.9 Å². The van der Waals surface area contributed by atoms with Crippen LogP contribution in [-0.2, 0) is 0 Å². The lowest BCUT2D eigenvalue weighted by Gasteiger charge is -2.17. The average molecular weight is 266 g/mol. The normalized spacial score (nSPS) is 12.5. The number of nitrogens with two attached hydrogens (primary N) is 1. The maximum absolute atomic E-state index is 8.98. The van der Waals surface area contributed by atoms with E-state index in [1.807, 2.05) is 32.0 Å². The van der Waals surface area contributed by atoms with Crippen molar-refractivity contribution in [1.29, 1.82) is 0 Å². The molecule has 0 bridgehead atoms. The van der Waals surface area contributed by atoms with Crippen LogP contribution in [0.3, 0.4) is 0 Å². The molecule has 4 nitrogen and oxygen atoms in total. The van der Waals surface area contributed by atoms with Crippen LogP contribution in [0.25, 0.3) is 0 Å². The molecule has 108 valence electrons. The Hall–Kier alpha value is -1.42. The van der Waals surface area contributed by atoms with Gasteiger partial charge in [-0.1, -0.05) is 13.3 Å². The quantitative estimate of drug-likeness (QED) is 0.633. The maximum atomic E-state index is 8.98. The van der Waals surface area contributed by atoms with E-state index in [1.54, 1.807) is 0 Å². The summed E-state index contributed by atoms with van der Waals surface area (Å²) >= 11 is 0. The van der Waals surface area contributed by atoms with Gasteiger partial charge >= 0.3 is 0 Å². The van der Waals surface area contributed by atoms with Crippen LogP contribution in [0.5, 0.6) is 5.75 Å². The summed E-state index contributed by atoms with van der Waals surface area (Å²) in [6.07, 6.45) is 2.00. The summed E-state index contributed by atoms with van der Waals surface area (Å²) in [4.78, 5) is 0. The fourth-order valence-corrected chi connectivity index (χ4v) is 1.96. The Bertz CT molecular complexity index is 380. The number of aliphatic hydroxyl groups is 1. The molecule has 0 aliphatic heterocycles. The van der Waals surface area contributed by atoms with E-state index in [9.17, 15) is 0 Å². The van der Waals surface area contributed by atoms with E-state index in [4.69, 9.17) is 15.6 Å². The number of ether oxygens (including phenoxy) is 1. The number of rotatable bonds is 8. The molecule has 4 heteroatoms. The zero-order valence-corrected chi connectivity index (χ0v) is 12.1. The minimum atomic E-state index is 0.132. The van der Waals surface area contributed by atoms with E-state index >= 15 is 0 Å². The predicted molar refractivity (Wildman–Crippen MR) is 80.6 cm³/mol. The van der Waals surface area contributed by atoms with Gasteiger partial charge in [-0.15, -0.1) is 0 Å². The first-order valence-corrected chi connectivity index (χ1v) is 6.97. The molecular weight excluding hydrogens is 240 g/mol. The lowest BCUT2D eigenvalue weighted by atomic mass is 10.0. The molecule has 19 heavy (non-hydrogen) atoms. The van der Waals surface area contributed by atoms with Gasteiger partial charge in [0.2, 0.25) is 0 Å². The van der Waals surface area contributed by atoms with Gasteiger partial charge in [-0.3, -0.25) is 0 Å². The van der Waals surface area contributed by atoms with Crippen LogP contribution in [0.1, 0.15) is 33.6 Å². The molecule has 1 unspecified atom stereocenters. The van der Waals surface area contributed by atoms with Gasteiger partial charge in [0, 0.05) is 36.7 Å². The first kappa shape index (κ1) is 15.6. The van der Waals surface area contributed by atoms with Crippen LogP contribution < -0.4 is 15.8 Å². The molecule has 0 aliphatic carbocycles. The molecule has 1 atom stereocenters. The first-order valence-electron chi connectivity index (χ1n) is 6.97. The number of anilines is 2. The minimum absolute atomic E-state index is 0.132. The molecule has 0 fully saturated rings. The second kappa shape index (κ2) is 7.89. The largest absolute Gasteiger partial charge is 0.491 e. The van der Waals surface area contributed by atoms with Gasteiger partial charge in [0.1, 0.15) is 5.75 Å². The van der Waals surface area contributed by atoms with Crippen molar-refractivity contribution in [3.05, 3.63) is 18.2 Å². The monoisotopic (exact) mass is 266 g/mol. The smallest absolute Gasteiger partial charge is 0.123 e. The van der Waals surface area contributed by atoms with Crippen LogP contribution >= 0.6 is 0 Å². The molecule has 0 heterocycles. The van der Waals surface area contributed by atoms with Crippen molar-refractivity contribution in [2.75, 3.05) is 24.2 Å². The summed E-state index contributed by atoms with van der Waals surface area (Å²) in [5.74, 6) is 1.26. The van der Waals surface area contributed by atoms with Gasteiger partial charge in [0.25, 0.3) is 0 Å². The molecule has 0 spiro atoms. The SMILES string of the molecule is CCC(CCO)CNc1cc(N)cc(OC(C)C)c1. The Morgan fingerprint density at radius 1 is 1.32 bits per heavy atom. The van der Waals surface area contributed by atoms with Gasteiger partial charge in [-0.25, -0.2) is 0 Å². The van der Waals surface area contributed by atoms with Crippen LogP contribution in [-0.4, -0.2) is 24.4 Å². The standard InChI is InChI=1S/C15H26N2O2/c1-4-12(5-6-18)10-17-14-7-13(16)8-15(9-14)19-11(2)3/h7-9,11-12,17-18H,4-6,10,16H2,1-3H3. The predicted octanol–water partition coefficient (Wildman–Crippen LogP) is 2.88. The van der Waals surface area contributed by atoms with E-state index in [-0.39, 0.29) is 12.7 Å². The van der Waals surface area contributed by atoms with Crippen molar-refractivity contribution in [3.63, 3.8) is 0 Å². The van der Waals surface area contributed by atoms with Crippen molar-refractivity contribution < 1.29 is 9.84 Å². The lowest BCUT2D eigenvalue weighted by Crippen LogP contribution is -2.15. The summed E-state index contributed by atoms with van der Waals surface area (Å²) in [5.41, 5.74) is 7.53. The average Bonchev–Trinajstić information content (AvgIpc) is 2.33. The zero-order chi connectivity index (χ0) is 14.3. The molecule has 1 aromatic carbocycles. The maximum Gasteiger partial charge on any atom is 0.123 e. The van der Waals surface area contributed by atoms with E-state index in [0.717, 1.165) is 30.8 Å². The molecule has 1 rings (SSSR count). The molecule has 0 amide bonds. The van der Waals surface area contributed by atoms with Gasteiger partial charge in [0.05, 0.1) is 6.10 Å². The Labute approximate surface area is 116 Å². The molecule has 4 N–H and O–H groups in total. The fourth-order valence-electron chi connectivity index (χ4n) is 1.96. The third kappa shape index (κ3) is 5.83. The Kier molecular flexibility index (Phi) is 6.50. The third-order valence-electron chi connectivity index (χ3n) is 3.01. The molecule has 0 saturated heterocycles. The van der Waals surface area contributed by atoms with E-state index in [0.29, 0.717) is 11.6 Å². The summed E-state index contributed by atoms with van der Waals surface area (Å²) in [7, 11) is 0. The Morgan fingerprint density at radius 2 is 2.05 bits per heavy atom. The van der Waals surface area contributed by atoms with E-state index in [1.165, 1.54) is 0 Å². The molecule has 0 saturated carbocycles. The second-order valence-corrected chi connectivity index (χ2v) is 5.12. The van der Waals surface area contributed by atoms with Crippen LogP contribution in [0, 0.1) is 5.92 Å². The van der Waals surface area contributed by atoms with Crippen molar-refractivity contribution in [3.8, 4) is 5.75 Å². The third-order valence-corrected chi connectivity index (χ3v) is 3.01. The fraction of sp³-hybridized carbons (Fsp3) is 0.600. The van der Waals surface area contributed by atoms with Crippen LogP contribution in [0.15, 0.2) is 18.2 Å². The Morgan fingerprint density at radius 3 is 2.63 bits per heavy atom. The van der Waals surface area contributed by atoms with Crippen LogP contribution in [0.2, 0.25) is 0 Å². The van der Waals surface area contributed by atoms with Crippen molar-refractivity contribution in [2.24, 2.45) is 5.92 Å². The highest BCUT2D eigenvalue weighted by atomic mass is 16.5. The molecule has 0 aromatic heterocycles. The number of nitrogen functional groups attached to an aromatic ring is 1. The minimum Gasteiger partial charge on any atom is -0.491 e. The number of hydrogen-bond acceptors (Lipinski definition) is 4. The van der Waals surface area contributed by atoms with Gasteiger partial charge in [0.15, 0.2) is 0 Å². The van der Waals surface area contributed by atoms with Crippen molar-refractivity contribution in [1.82, 2.24) is 0 Å². The number of benzene rings is 1. The summed E-state index contributed by atoms with van der Waals surface area (Å²) in [5, 5.41) is 12.3. The van der Waals surface area contributed by atoms with E-state index < -0.39 is 0 Å². The van der Waals surface area contributed by atoms with E-state index in [2.05, 4.69) is 12.2 Å². The number of aliphatic hydroxyl groups excluding tert-OH is 1. The molecule has 1 aromatic rings.